The van der Waals surface area contributed by atoms with Crippen LogP contribution >= 0.6 is 11.8 Å². The molecule has 0 atom stereocenters. The molecular formula is C12H14FN3OS. The van der Waals surface area contributed by atoms with Gasteiger partial charge in [-0.1, -0.05) is 23.9 Å². The average Bonchev–Trinajstić information content (AvgIpc) is 2.80. The number of halogens is 1. The maximum Gasteiger partial charge on any atom is 0.276 e. The van der Waals surface area contributed by atoms with Gasteiger partial charge in [-0.3, -0.25) is 0 Å². The first-order valence-corrected chi connectivity index (χ1v) is 6.66. The molecule has 0 radical (unpaired) electrons. The Morgan fingerprint density at radius 3 is 2.72 bits per heavy atom. The minimum absolute atomic E-state index is 0.248. The summed E-state index contributed by atoms with van der Waals surface area (Å²) in [6.45, 7) is 0.656. The van der Waals surface area contributed by atoms with E-state index in [0.29, 0.717) is 24.1 Å². The lowest BCUT2D eigenvalue weighted by molar-refractivity contribution is 0.420. The van der Waals surface area contributed by atoms with E-state index in [1.54, 1.807) is 12.1 Å². The number of rotatable bonds is 6. The fourth-order valence-electron chi connectivity index (χ4n) is 1.39. The Kier molecular flexibility index (Phi) is 4.72. The van der Waals surface area contributed by atoms with E-state index in [1.165, 1.54) is 23.9 Å². The maximum absolute atomic E-state index is 12.7. The molecule has 0 bridgehead atoms. The second kappa shape index (κ2) is 6.51. The van der Waals surface area contributed by atoms with Crippen LogP contribution in [0.2, 0.25) is 0 Å². The molecule has 18 heavy (non-hydrogen) atoms. The van der Waals surface area contributed by atoms with E-state index >= 15 is 0 Å². The van der Waals surface area contributed by atoms with Crippen LogP contribution in [0.4, 0.5) is 4.39 Å². The average molecular weight is 267 g/mol. The van der Waals surface area contributed by atoms with E-state index in [1.807, 2.05) is 0 Å². The minimum atomic E-state index is -0.248. The van der Waals surface area contributed by atoms with Gasteiger partial charge in [-0.2, -0.15) is 0 Å². The van der Waals surface area contributed by atoms with Crippen LogP contribution in [-0.2, 0) is 6.42 Å². The number of thioether (sulfide) groups is 1. The molecule has 4 nitrogen and oxygen atoms in total. The van der Waals surface area contributed by atoms with E-state index in [0.717, 1.165) is 17.7 Å². The van der Waals surface area contributed by atoms with Crippen molar-refractivity contribution in [3.63, 3.8) is 0 Å². The van der Waals surface area contributed by atoms with Crippen molar-refractivity contribution in [2.45, 2.75) is 18.1 Å². The predicted octanol–water partition coefficient (Wildman–Crippen LogP) is 2.24. The van der Waals surface area contributed by atoms with Crippen LogP contribution in [0.5, 0.6) is 0 Å². The lowest BCUT2D eigenvalue weighted by Gasteiger charge is -1.96. The fourth-order valence-corrected chi connectivity index (χ4v) is 2.13. The van der Waals surface area contributed by atoms with Gasteiger partial charge in [0.05, 0.1) is 6.42 Å². The first kappa shape index (κ1) is 13.0. The molecule has 0 aliphatic heterocycles. The summed E-state index contributed by atoms with van der Waals surface area (Å²) in [6, 6.07) is 6.26. The summed E-state index contributed by atoms with van der Waals surface area (Å²) in [5, 5.41) is 8.44. The number of nitrogens with zero attached hydrogens (tertiary/aromatic N) is 2. The first-order chi connectivity index (χ1) is 8.78. The van der Waals surface area contributed by atoms with Crippen molar-refractivity contribution >= 4 is 11.8 Å². The molecule has 0 unspecified atom stereocenters. The highest BCUT2D eigenvalue weighted by molar-refractivity contribution is 7.99. The standard InChI is InChI=1S/C12H14FN3OS/c13-10-4-2-9(3-5-10)8-11-15-16-12(17-11)18-7-1-6-14/h2-5H,1,6-8,14H2. The van der Waals surface area contributed by atoms with Crippen molar-refractivity contribution in [1.29, 1.82) is 0 Å². The molecule has 2 aromatic rings. The van der Waals surface area contributed by atoms with Gasteiger partial charge in [-0.05, 0) is 30.7 Å². The minimum Gasteiger partial charge on any atom is -0.416 e. The van der Waals surface area contributed by atoms with E-state index in [2.05, 4.69) is 10.2 Å². The van der Waals surface area contributed by atoms with Crippen molar-refractivity contribution in [2.75, 3.05) is 12.3 Å². The summed E-state index contributed by atoms with van der Waals surface area (Å²) in [5.41, 5.74) is 6.34. The smallest absolute Gasteiger partial charge is 0.276 e. The van der Waals surface area contributed by atoms with Gasteiger partial charge in [-0.15, -0.1) is 10.2 Å². The van der Waals surface area contributed by atoms with Gasteiger partial charge in [0.1, 0.15) is 5.82 Å². The normalized spacial score (nSPS) is 10.8. The Hall–Kier alpha value is -1.40. The zero-order valence-corrected chi connectivity index (χ0v) is 10.6. The largest absolute Gasteiger partial charge is 0.416 e. The molecule has 0 saturated carbocycles. The number of hydrogen-bond donors (Lipinski definition) is 1. The van der Waals surface area contributed by atoms with Crippen LogP contribution in [0.15, 0.2) is 33.9 Å². The molecule has 0 spiro atoms. The van der Waals surface area contributed by atoms with Gasteiger partial charge < -0.3 is 10.2 Å². The summed E-state index contributed by atoms with van der Waals surface area (Å²) in [5.74, 6) is 1.16. The third-order valence-corrected chi connectivity index (χ3v) is 3.20. The van der Waals surface area contributed by atoms with E-state index in [9.17, 15) is 4.39 Å². The Balaban J connectivity index is 1.91. The van der Waals surface area contributed by atoms with Gasteiger partial charge in [0.25, 0.3) is 5.22 Å². The quantitative estimate of drug-likeness (QED) is 0.642. The first-order valence-electron chi connectivity index (χ1n) is 5.67. The van der Waals surface area contributed by atoms with Crippen LogP contribution in [0, 0.1) is 5.82 Å². The lowest BCUT2D eigenvalue weighted by Crippen LogP contribution is -1.99. The summed E-state index contributed by atoms with van der Waals surface area (Å²) in [4.78, 5) is 0. The SMILES string of the molecule is NCCCSc1nnc(Cc2ccc(F)cc2)o1. The van der Waals surface area contributed by atoms with Gasteiger partial charge >= 0.3 is 0 Å². The highest BCUT2D eigenvalue weighted by Crippen LogP contribution is 2.18. The van der Waals surface area contributed by atoms with Crippen molar-refractivity contribution < 1.29 is 8.81 Å². The summed E-state index contributed by atoms with van der Waals surface area (Å²) in [6.07, 6.45) is 1.44. The van der Waals surface area contributed by atoms with Crippen LogP contribution in [0.25, 0.3) is 0 Å². The van der Waals surface area contributed by atoms with E-state index < -0.39 is 0 Å². The zero-order valence-electron chi connectivity index (χ0n) is 9.80. The molecule has 0 saturated heterocycles. The van der Waals surface area contributed by atoms with Crippen molar-refractivity contribution in [1.82, 2.24) is 10.2 Å². The Bertz CT molecular complexity index is 486. The highest BCUT2D eigenvalue weighted by Gasteiger charge is 2.07. The molecule has 0 aliphatic rings. The molecule has 0 aliphatic carbocycles. The molecule has 0 fully saturated rings. The third-order valence-electron chi connectivity index (χ3n) is 2.29. The van der Waals surface area contributed by atoms with Crippen LogP contribution < -0.4 is 5.73 Å². The molecule has 0 amide bonds. The summed E-state index contributed by atoms with van der Waals surface area (Å²) < 4.78 is 18.2. The Morgan fingerprint density at radius 2 is 2.00 bits per heavy atom. The molecule has 2 N–H and O–H groups in total. The summed E-state index contributed by atoms with van der Waals surface area (Å²) >= 11 is 1.50. The van der Waals surface area contributed by atoms with Crippen LogP contribution in [0.3, 0.4) is 0 Å². The molecule has 1 aromatic carbocycles. The lowest BCUT2D eigenvalue weighted by atomic mass is 10.1. The van der Waals surface area contributed by atoms with Crippen molar-refractivity contribution in [3.05, 3.63) is 41.5 Å². The van der Waals surface area contributed by atoms with Gasteiger partial charge in [0, 0.05) is 5.75 Å². The molecule has 1 heterocycles. The zero-order chi connectivity index (χ0) is 12.8. The number of nitrogens with two attached hydrogens (primary N) is 1. The van der Waals surface area contributed by atoms with Gasteiger partial charge in [0.2, 0.25) is 5.89 Å². The van der Waals surface area contributed by atoms with Crippen molar-refractivity contribution in [2.24, 2.45) is 5.73 Å². The second-order valence-corrected chi connectivity index (χ2v) is 4.80. The molecule has 1 aromatic heterocycles. The summed E-state index contributed by atoms with van der Waals surface area (Å²) in [7, 11) is 0. The van der Waals surface area contributed by atoms with Crippen LogP contribution in [0.1, 0.15) is 17.9 Å². The highest BCUT2D eigenvalue weighted by atomic mass is 32.2. The van der Waals surface area contributed by atoms with Crippen molar-refractivity contribution in [3.8, 4) is 0 Å². The third kappa shape index (κ3) is 3.82. The maximum atomic E-state index is 12.7. The van der Waals surface area contributed by atoms with Crippen LogP contribution in [-0.4, -0.2) is 22.5 Å². The molecule has 2 rings (SSSR count). The second-order valence-electron chi connectivity index (χ2n) is 3.76. The van der Waals surface area contributed by atoms with Gasteiger partial charge in [-0.25, -0.2) is 4.39 Å². The molecule has 6 heteroatoms. The number of aromatic nitrogens is 2. The van der Waals surface area contributed by atoms with E-state index in [4.69, 9.17) is 10.2 Å². The Labute approximate surface area is 109 Å². The fraction of sp³-hybridized carbons (Fsp3) is 0.333. The Morgan fingerprint density at radius 1 is 1.22 bits per heavy atom. The molecule has 96 valence electrons. The van der Waals surface area contributed by atoms with E-state index in [-0.39, 0.29) is 5.82 Å². The topological polar surface area (TPSA) is 64.9 Å². The predicted molar refractivity (Wildman–Crippen MR) is 67.9 cm³/mol. The molecular weight excluding hydrogens is 253 g/mol. The number of benzene rings is 1. The van der Waals surface area contributed by atoms with Gasteiger partial charge in [0.15, 0.2) is 0 Å². The monoisotopic (exact) mass is 267 g/mol. The number of hydrogen-bond acceptors (Lipinski definition) is 5.